The maximum Gasteiger partial charge on any atom is 0.179 e. The number of fused-ring (bicyclic) bond motifs is 1. The van der Waals surface area contributed by atoms with Crippen LogP contribution in [0.5, 0.6) is 0 Å². The van der Waals surface area contributed by atoms with Crippen LogP contribution in [0.1, 0.15) is 0 Å². The van der Waals surface area contributed by atoms with Gasteiger partial charge in [-0.25, -0.2) is 17.9 Å². The van der Waals surface area contributed by atoms with Gasteiger partial charge in [-0.2, -0.15) is 5.10 Å². The maximum atomic E-state index is 11.7. The summed E-state index contributed by atoms with van der Waals surface area (Å²) in [5.74, 6) is 0. The fourth-order valence-electron chi connectivity index (χ4n) is 1.97. The zero-order valence-corrected chi connectivity index (χ0v) is 11.0. The molecular formula is C13H11N3O2S. The number of benzene rings is 1. The lowest BCUT2D eigenvalue weighted by molar-refractivity contribution is 0.601. The molecule has 1 aromatic carbocycles. The molecule has 96 valence electrons. The van der Waals surface area contributed by atoms with Crippen LogP contribution in [0.2, 0.25) is 0 Å². The second-order valence-corrected chi connectivity index (χ2v) is 6.20. The SMILES string of the molecule is CS(=O)(=O)c1ccnn2c(-c3ccccc3)cnc12. The average Bonchev–Trinajstić information content (AvgIpc) is 2.82. The molecule has 5 nitrogen and oxygen atoms in total. The lowest BCUT2D eigenvalue weighted by atomic mass is 10.2. The van der Waals surface area contributed by atoms with Crippen molar-refractivity contribution in [2.24, 2.45) is 0 Å². The zero-order chi connectivity index (χ0) is 13.5. The van der Waals surface area contributed by atoms with Crippen molar-refractivity contribution in [2.75, 3.05) is 6.26 Å². The largest absolute Gasteiger partial charge is 0.234 e. The van der Waals surface area contributed by atoms with Gasteiger partial charge in [0.25, 0.3) is 0 Å². The molecule has 3 aromatic rings. The molecule has 0 aliphatic rings. The van der Waals surface area contributed by atoms with Crippen molar-refractivity contribution in [3.05, 3.63) is 48.8 Å². The van der Waals surface area contributed by atoms with Crippen molar-refractivity contribution in [3.63, 3.8) is 0 Å². The normalized spacial score (nSPS) is 11.8. The monoisotopic (exact) mass is 273 g/mol. The summed E-state index contributed by atoms with van der Waals surface area (Å²) in [6, 6.07) is 11.1. The summed E-state index contributed by atoms with van der Waals surface area (Å²) in [7, 11) is -3.32. The second kappa shape index (κ2) is 4.17. The molecule has 6 heteroatoms. The van der Waals surface area contributed by atoms with Gasteiger partial charge in [0.05, 0.1) is 11.9 Å². The molecular weight excluding hydrogens is 262 g/mol. The number of aromatic nitrogens is 3. The van der Waals surface area contributed by atoms with Gasteiger partial charge in [0, 0.05) is 18.0 Å². The fraction of sp³-hybridized carbons (Fsp3) is 0.0769. The average molecular weight is 273 g/mol. The Hall–Kier alpha value is -2.21. The molecule has 0 N–H and O–H groups in total. The van der Waals surface area contributed by atoms with Crippen molar-refractivity contribution < 1.29 is 8.42 Å². The standard InChI is InChI=1S/C13H11N3O2S/c1-19(17,18)12-7-8-15-16-11(9-14-13(12)16)10-5-3-2-4-6-10/h2-9H,1H3. The summed E-state index contributed by atoms with van der Waals surface area (Å²) in [5.41, 5.74) is 2.05. The highest BCUT2D eigenvalue weighted by atomic mass is 32.2. The number of hydrogen-bond donors (Lipinski definition) is 0. The predicted molar refractivity (Wildman–Crippen MR) is 71.5 cm³/mol. The van der Waals surface area contributed by atoms with Gasteiger partial charge in [-0.1, -0.05) is 30.3 Å². The third kappa shape index (κ3) is 2.00. The van der Waals surface area contributed by atoms with Gasteiger partial charge in [0.15, 0.2) is 15.5 Å². The summed E-state index contributed by atoms with van der Waals surface area (Å²) in [5, 5.41) is 4.18. The number of rotatable bonds is 2. The van der Waals surface area contributed by atoms with Crippen molar-refractivity contribution in [1.29, 1.82) is 0 Å². The molecule has 0 unspecified atom stereocenters. The molecule has 2 aromatic heterocycles. The van der Waals surface area contributed by atoms with Crippen molar-refractivity contribution in [3.8, 4) is 11.3 Å². The Morgan fingerprint density at radius 3 is 2.53 bits per heavy atom. The van der Waals surface area contributed by atoms with Gasteiger partial charge in [-0.3, -0.25) is 0 Å². The van der Waals surface area contributed by atoms with E-state index in [1.807, 2.05) is 30.3 Å². The van der Waals surface area contributed by atoms with E-state index >= 15 is 0 Å². The Balaban J connectivity index is 2.32. The van der Waals surface area contributed by atoms with E-state index in [0.717, 1.165) is 11.3 Å². The first-order chi connectivity index (χ1) is 9.07. The van der Waals surface area contributed by atoms with Crippen LogP contribution < -0.4 is 0 Å². The fourth-order valence-corrected chi connectivity index (χ4v) is 2.75. The molecule has 2 heterocycles. The van der Waals surface area contributed by atoms with Gasteiger partial charge in [-0.15, -0.1) is 0 Å². The summed E-state index contributed by atoms with van der Waals surface area (Å²) in [4.78, 5) is 4.37. The molecule has 19 heavy (non-hydrogen) atoms. The van der Waals surface area contributed by atoms with E-state index in [2.05, 4.69) is 10.1 Å². The first kappa shape index (κ1) is 11.9. The number of sulfone groups is 1. The highest BCUT2D eigenvalue weighted by Crippen LogP contribution is 2.22. The van der Waals surface area contributed by atoms with Crippen LogP contribution in [0.3, 0.4) is 0 Å². The topological polar surface area (TPSA) is 64.3 Å². The first-order valence-corrected chi connectivity index (χ1v) is 7.55. The molecule has 0 fully saturated rings. The molecule has 0 saturated carbocycles. The second-order valence-electron chi connectivity index (χ2n) is 4.21. The molecule has 0 amide bonds. The van der Waals surface area contributed by atoms with Gasteiger partial charge < -0.3 is 0 Å². The zero-order valence-electron chi connectivity index (χ0n) is 10.2. The Labute approximate surface area is 110 Å². The Morgan fingerprint density at radius 2 is 1.84 bits per heavy atom. The number of hydrogen-bond acceptors (Lipinski definition) is 4. The molecule has 0 saturated heterocycles. The minimum atomic E-state index is -3.32. The van der Waals surface area contributed by atoms with Crippen LogP contribution in [0, 0.1) is 0 Å². The minimum absolute atomic E-state index is 0.185. The third-order valence-electron chi connectivity index (χ3n) is 2.84. The van der Waals surface area contributed by atoms with E-state index in [1.165, 1.54) is 18.5 Å². The van der Waals surface area contributed by atoms with E-state index in [9.17, 15) is 8.42 Å². The Kier molecular flexibility index (Phi) is 2.60. The lowest BCUT2D eigenvalue weighted by Gasteiger charge is -2.03. The van der Waals surface area contributed by atoms with Crippen LogP contribution >= 0.6 is 0 Å². The van der Waals surface area contributed by atoms with E-state index in [4.69, 9.17) is 0 Å². The van der Waals surface area contributed by atoms with E-state index < -0.39 is 9.84 Å². The van der Waals surface area contributed by atoms with Crippen LogP contribution in [0.4, 0.5) is 0 Å². The quantitative estimate of drug-likeness (QED) is 0.714. The van der Waals surface area contributed by atoms with Gasteiger partial charge in [-0.05, 0) is 6.07 Å². The smallest absolute Gasteiger partial charge is 0.179 e. The lowest BCUT2D eigenvalue weighted by Crippen LogP contribution is -2.03. The number of imidazole rings is 1. The summed E-state index contributed by atoms with van der Waals surface area (Å²) >= 11 is 0. The Bertz CT molecular complexity index is 839. The van der Waals surface area contributed by atoms with Crippen molar-refractivity contribution in [2.45, 2.75) is 4.90 Å². The predicted octanol–water partition coefficient (Wildman–Crippen LogP) is 1.80. The van der Waals surface area contributed by atoms with Gasteiger partial charge in [0.1, 0.15) is 4.90 Å². The molecule has 3 rings (SSSR count). The van der Waals surface area contributed by atoms with E-state index in [0.29, 0.717) is 5.65 Å². The van der Waals surface area contributed by atoms with Crippen molar-refractivity contribution in [1.82, 2.24) is 14.6 Å². The van der Waals surface area contributed by atoms with Crippen LogP contribution in [0.25, 0.3) is 16.9 Å². The summed E-state index contributed by atoms with van der Waals surface area (Å²) < 4.78 is 25.0. The summed E-state index contributed by atoms with van der Waals surface area (Å²) in [6.45, 7) is 0. The van der Waals surface area contributed by atoms with Crippen molar-refractivity contribution >= 4 is 15.5 Å². The Morgan fingerprint density at radius 1 is 1.11 bits per heavy atom. The molecule has 0 aliphatic carbocycles. The third-order valence-corrected chi connectivity index (χ3v) is 3.95. The van der Waals surface area contributed by atoms with Crippen LogP contribution in [0.15, 0.2) is 53.7 Å². The molecule has 0 radical (unpaired) electrons. The molecule has 0 aliphatic heterocycles. The molecule has 0 atom stereocenters. The first-order valence-electron chi connectivity index (χ1n) is 5.65. The van der Waals surface area contributed by atoms with Gasteiger partial charge >= 0.3 is 0 Å². The summed E-state index contributed by atoms with van der Waals surface area (Å²) in [6.07, 6.45) is 4.27. The highest BCUT2D eigenvalue weighted by Gasteiger charge is 2.16. The minimum Gasteiger partial charge on any atom is -0.234 e. The highest BCUT2D eigenvalue weighted by molar-refractivity contribution is 7.90. The molecule has 0 spiro atoms. The van der Waals surface area contributed by atoms with Crippen LogP contribution in [-0.2, 0) is 9.84 Å². The number of nitrogens with zero attached hydrogens (tertiary/aromatic N) is 3. The van der Waals surface area contributed by atoms with E-state index in [-0.39, 0.29) is 4.90 Å². The maximum absolute atomic E-state index is 11.7. The van der Waals surface area contributed by atoms with E-state index in [1.54, 1.807) is 10.7 Å². The van der Waals surface area contributed by atoms with Gasteiger partial charge in [0.2, 0.25) is 0 Å². The van der Waals surface area contributed by atoms with Crippen LogP contribution in [-0.4, -0.2) is 29.3 Å². The molecule has 0 bridgehead atoms.